The zero-order chi connectivity index (χ0) is 19.8. The Balaban J connectivity index is 2.66. The monoisotopic (exact) mass is 357 g/mol. The van der Waals surface area contributed by atoms with Crippen LogP contribution in [0.25, 0.3) is 0 Å². The molecule has 26 heavy (non-hydrogen) atoms. The Morgan fingerprint density at radius 3 is 1.77 bits per heavy atom. The average Bonchev–Trinajstić information content (AvgIpc) is 2.86. The molecule has 1 heterocycles. The van der Waals surface area contributed by atoms with Gasteiger partial charge in [0.15, 0.2) is 0 Å². The highest BCUT2D eigenvalue weighted by atomic mass is 15.3. The molecule has 0 saturated heterocycles. The van der Waals surface area contributed by atoms with Crippen molar-refractivity contribution in [3.05, 3.63) is 29.3 Å². The Morgan fingerprint density at radius 1 is 0.885 bits per heavy atom. The Kier molecular flexibility index (Phi) is 6.58. The molecular formula is C24H41N2+. The first-order chi connectivity index (χ1) is 12.1. The molecule has 1 aromatic carbocycles. The van der Waals surface area contributed by atoms with Gasteiger partial charge in [0.05, 0.1) is 12.0 Å². The number of hydrogen-bond acceptors (Lipinski definition) is 1. The summed E-state index contributed by atoms with van der Waals surface area (Å²) in [6.07, 6.45) is 0. The molecule has 146 valence electrons. The van der Waals surface area contributed by atoms with E-state index in [1.807, 2.05) is 0 Å². The molecule has 1 aliphatic rings. The summed E-state index contributed by atoms with van der Waals surface area (Å²) in [7, 11) is 0. The molecule has 1 atom stereocenters. The summed E-state index contributed by atoms with van der Waals surface area (Å²) < 4.78 is 2.75. The van der Waals surface area contributed by atoms with Crippen LogP contribution in [-0.2, 0) is 0 Å². The van der Waals surface area contributed by atoms with E-state index in [1.54, 1.807) is 0 Å². The molecule has 0 fully saturated rings. The minimum atomic E-state index is 0.515. The molecule has 0 N–H and O–H groups in total. The van der Waals surface area contributed by atoms with E-state index in [0.29, 0.717) is 35.8 Å². The van der Waals surface area contributed by atoms with E-state index in [4.69, 9.17) is 0 Å². The number of benzene rings is 1. The molecule has 0 unspecified atom stereocenters. The van der Waals surface area contributed by atoms with Gasteiger partial charge in [-0.3, -0.25) is 4.58 Å². The van der Waals surface area contributed by atoms with Crippen LogP contribution in [-0.4, -0.2) is 29.0 Å². The predicted octanol–water partition coefficient (Wildman–Crippen LogP) is 5.90. The fraction of sp³-hybridized carbons (Fsp3) is 0.708. The largest absolute Gasteiger partial charge is 0.256 e. The normalized spacial score (nSPS) is 18.6. The van der Waals surface area contributed by atoms with Gasteiger partial charge in [-0.25, -0.2) is 4.90 Å². The number of aryl methyl sites for hydroxylation is 2. The van der Waals surface area contributed by atoms with Crippen LogP contribution >= 0.6 is 0 Å². The minimum absolute atomic E-state index is 0.515. The van der Waals surface area contributed by atoms with E-state index in [-0.39, 0.29) is 0 Å². The number of nitrogens with zero attached hydrogens (tertiary/aromatic N) is 2. The van der Waals surface area contributed by atoms with Crippen molar-refractivity contribution in [1.29, 1.82) is 0 Å². The summed E-state index contributed by atoms with van der Waals surface area (Å²) in [5.41, 5.74) is 4.20. The van der Waals surface area contributed by atoms with E-state index in [1.165, 1.54) is 22.6 Å². The molecular weight excluding hydrogens is 316 g/mol. The van der Waals surface area contributed by atoms with Crippen molar-refractivity contribution in [2.75, 3.05) is 11.4 Å². The Hall–Kier alpha value is -1.31. The molecule has 0 saturated carbocycles. The number of anilines is 1. The quantitative estimate of drug-likeness (QED) is 0.575. The van der Waals surface area contributed by atoms with Gasteiger partial charge in [-0.15, -0.1) is 0 Å². The van der Waals surface area contributed by atoms with Gasteiger partial charge >= 0.3 is 0 Å². The molecule has 1 aromatic rings. The number of hydrogen-bond donors (Lipinski definition) is 0. The molecule has 2 heteroatoms. The zero-order valence-electron chi connectivity index (χ0n) is 18.8. The van der Waals surface area contributed by atoms with Crippen LogP contribution in [0.5, 0.6) is 0 Å². The first-order valence-corrected chi connectivity index (χ1v) is 10.6. The van der Waals surface area contributed by atoms with E-state index >= 15 is 0 Å². The second-order valence-corrected chi connectivity index (χ2v) is 9.50. The first kappa shape index (κ1) is 21.0. The van der Waals surface area contributed by atoms with Crippen LogP contribution in [0.1, 0.15) is 66.5 Å². The predicted molar refractivity (Wildman–Crippen MR) is 115 cm³/mol. The highest BCUT2D eigenvalue weighted by molar-refractivity contribution is 5.98. The van der Waals surface area contributed by atoms with Crippen molar-refractivity contribution in [3.8, 4) is 0 Å². The summed E-state index contributed by atoms with van der Waals surface area (Å²) in [5.74, 6) is 4.09. The van der Waals surface area contributed by atoms with Crippen LogP contribution in [0.2, 0.25) is 0 Å². The maximum atomic E-state index is 2.75. The third-order valence-corrected chi connectivity index (χ3v) is 6.03. The molecule has 0 radical (unpaired) electrons. The van der Waals surface area contributed by atoms with Gasteiger partial charge < -0.3 is 0 Å². The smallest absolute Gasteiger partial charge is 0.255 e. The van der Waals surface area contributed by atoms with Crippen molar-refractivity contribution < 1.29 is 4.58 Å². The van der Waals surface area contributed by atoms with Crippen molar-refractivity contribution >= 4 is 11.5 Å². The van der Waals surface area contributed by atoms with Crippen molar-refractivity contribution in [3.63, 3.8) is 0 Å². The Morgan fingerprint density at radius 2 is 1.38 bits per heavy atom. The van der Waals surface area contributed by atoms with E-state index in [2.05, 4.69) is 96.9 Å². The summed E-state index contributed by atoms with van der Waals surface area (Å²) in [6, 6.07) is 7.80. The third-order valence-electron chi connectivity index (χ3n) is 6.03. The standard InChI is InChI=1S/C24H41N2/c1-15(2)22(16(3)4)21-14-25(23-19(9)12-11-13-20(23)10)24(17(5)6)26(21)18(7)8/h11-13,15-18,21-22H,14H2,1-10H3/q+1/t21-/m1/s1. The van der Waals surface area contributed by atoms with Crippen molar-refractivity contribution in [2.24, 2.45) is 23.7 Å². The second-order valence-electron chi connectivity index (χ2n) is 9.50. The fourth-order valence-electron chi connectivity index (χ4n) is 5.34. The molecule has 2 rings (SSSR count). The van der Waals surface area contributed by atoms with Gasteiger partial charge in [-0.1, -0.05) is 59.7 Å². The van der Waals surface area contributed by atoms with Crippen molar-refractivity contribution in [1.82, 2.24) is 0 Å². The second kappa shape index (κ2) is 8.15. The molecule has 1 aliphatic heterocycles. The Bertz CT molecular complexity index is 624. The molecule has 2 nitrogen and oxygen atoms in total. The van der Waals surface area contributed by atoms with Crippen LogP contribution in [0, 0.1) is 37.5 Å². The summed E-state index contributed by atoms with van der Waals surface area (Å²) in [4.78, 5) is 2.65. The van der Waals surface area contributed by atoms with Gasteiger partial charge in [0.2, 0.25) is 0 Å². The number of rotatable bonds is 6. The number of amidine groups is 1. The van der Waals surface area contributed by atoms with Gasteiger partial charge in [-0.05, 0) is 50.7 Å². The van der Waals surface area contributed by atoms with E-state index < -0.39 is 0 Å². The average molecular weight is 358 g/mol. The third kappa shape index (κ3) is 3.85. The highest BCUT2D eigenvalue weighted by Gasteiger charge is 2.47. The first-order valence-electron chi connectivity index (χ1n) is 10.6. The minimum Gasteiger partial charge on any atom is -0.256 e. The SMILES string of the molecule is Cc1cccc(C)c1N1C[C@H](C(C(C)C)C(C)C)[N+](C(C)C)=C1C(C)C. The van der Waals surface area contributed by atoms with Crippen LogP contribution < -0.4 is 4.90 Å². The molecule has 0 amide bonds. The Labute approximate surface area is 162 Å². The molecule has 0 aromatic heterocycles. The zero-order valence-corrected chi connectivity index (χ0v) is 18.8. The van der Waals surface area contributed by atoms with Gasteiger partial charge in [0.1, 0.15) is 18.3 Å². The maximum Gasteiger partial charge on any atom is 0.255 e. The fourth-order valence-corrected chi connectivity index (χ4v) is 5.34. The maximum absolute atomic E-state index is 2.75. The van der Waals surface area contributed by atoms with Crippen molar-refractivity contribution in [2.45, 2.75) is 81.3 Å². The highest BCUT2D eigenvalue weighted by Crippen LogP contribution is 2.36. The summed E-state index contributed by atoms with van der Waals surface area (Å²) in [6.45, 7) is 24.7. The lowest BCUT2D eigenvalue weighted by Crippen LogP contribution is -2.42. The lowest BCUT2D eigenvalue weighted by Gasteiger charge is -2.31. The lowest BCUT2D eigenvalue weighted by molar-refractivity contribution is -0.597. The van der Waals surface area contributed by atoms with Gasteiger partial charge in [0, 0.05) is 5.92 Å². The summed E-state index contributed by atoms with van der Waals surface area (Å²) >= 11 is 0. The van der Waals surface area contributed by atoms with Gasteiger partial charge in [-0.2, -0.15) is 0 Å². The van der Waals surface area contributed by atoms with E-state index in [0.717, 1.165) is 6.54 Å². The van der Waals surface area contributed by atoms with Crippen LogP contribution in [0.15, 0.2) is 18.2 Å². The molecule has 0 bridgehead atoms. The number of para-hydroxylation sites is 1. The molecule has 0 spiro atoms. The van der Waals surface area contributed by atoms with Crippen LogP contribution in [0.4, 0.5) is 5.69 Å². The van der Waals surface area contributed by atoms with Gasteiger partial charge in [0.25, 0.3) is 5.84 Å². The topological polar surface area (TPSA) is 6.25 Å². The summed E-state index contributed by atoms with van der Waals surface area (Å²) in [5, 5.41) is 0. The van der Waals surface area contributed by atoms with Crippen LogP contribution in [0.3, 0.4) is 0 Å². The lowest BCUT2D eigenvalue weighted by atomic mass is 9.79. The molecule has 0 aliphatic carbocycles. The van der Waals surface area contributed by atoms with E-state index in [9.17, 15) is 0 Å².